The maximum atomic E-state index is 6.40. The highest BCUT2D eigenvalue weighted by Gasteiger charge is 2.23. The van der Waals surface area contributed by atoms with Crippen LogP contribution in [0, 0.1) is 5.92 Å². The van der Waals surface area contributed by atoms with E-state index in [-0.39, 0.29) is 6.04 Å². The maximum absolute atomic E-state index is 6.40. The third kappa shape index (κ3) is 3.85. The molecule has 2 atom stereocenters. The van der Waals surface area contributed by atoms with Gasteiger partial charge < -0.3 is 15.4 Å². The highest BCUT2D eigenvalue weighted by molar-refractivity contribution is 6.33. The summed E-state index contributed by atoms with van der Waals surface area (Å²) in [5, 5.41) is 0.830. The molecule has 0 aliphatic carbocycles. The Labute approximate surface area is 120 Å². The van der Waals surface area contributed by atoms with Crippen molar-refractivity contribution in [1.82, 2.24) is 0 Å². The molecule has 3 nitrogen and oxygen atoms in total. The van der Waals surface area contributed by atoms with Crippen LogP contribution >= 0.6 is 11.6 Å². The number of methoxy groups -OCH3 is 1. The Bertz CT molecular complexity index is 423. The Morgan fingerprint density at radius 3 is 2.95 bits per heavy atom. The van der Waals surface area contributed by atoms with Crippen LogP contribution in [0.1, 0.15) is 18.9 Å². The summed E-state index contributed by atoms with van der Waals surface area (Å²) in [6, 6.07) is 6.47. The van der Waals surface area contributed by atoms with Crippen molar-refractivity contribution >= 4 is 17.3 Å². The SMILES string of the molecule is COCC1CCN(c2ccc(CC(C)N)cc2Cl)C1. The molecule has 0 aromatic heterocycles. The molecule has 1 saturated heterocycles. The lowest BCUT2D eigenvalue weighted by molar-refractivity contribution is 0.161. The normalized spacial score (nSPS) is 20.8. The zero-order valence-electron chi connectivity index (χ0n) is 11.7. The molecule has 2 unspecified atom stereocenters. The fourth-order valence-electron chi connectivity index (χ4n) is 2.73. The van der Waals surface area contributed by atoms with Gasteiger partial charge in [0.25, 0.3) is 0 Å². The van der Waals surface area contributed by atoms with E-state index < -0.39 is 0 Å². The molecule has 0 radical (unpaired) electrons. The van der Waals surface area contributed by atoms with Crippen molar-refractivity contribution in [2.24, 2.45) is 11.7 Å². The Morgan fingerprint density at radius 2 is 2.32 bits per heavy atom. The van der Waals surface area contributed by atoms with Gasteiger partial charge in [0.15, 0.2) is 0 Å². The average molecular weight is 283 g/mol. The topological polar surface area (TPSA) is 38.5 Å². The minimum absolute atomic E-state index is 0.166. The number of ether oxygens (including phenoxy) is 1. The maximum Gasteiger partial charge on any atom is 0.0642 e. The zero-order valence-corrected chi connectivity index (χ0v) is 12.5. The number of halogens is 1. The summed E-state index contributed by atoms with van der Waals surface area (Å²) in [6.07, 6.45) is 2.04. The first-order valence-corrected chi connectivity index (χ1v) is 7.26. The molecule has 19 heavy (non-hydrogen) atoms. The van der Waals surface area contributed by atoms with Crippen LogP contribution in [0.15, 0.2) is 18.2 Å². The highest BCUT2D eigenvalue weighted by atomic mass is 35.5. The molecule has 106 valence electrons. The Morgan fingerprint density at radius 1 is 1.53 bits per heavy atom. The van der Waals surface area contributed by atoms with Crippen LogP contribution in [0.3, 0.4) is 0 Å². The lowest BCUT2D eigenvalue weighted by Gasteiger charge is -2.21. The first kappa shape index (κ1) is 14.6. The van der Waals surface area contributed by atoms with Gasteiger partial charge in [-0.1, -0.05) is 17.7 Å². The van der Waals surface area contributed by atoms with Crippen LogP contribution in [-0.4, -0.2) is 32.8 Å². The van der Waals surface area contributed by atoms with Gasteiger partial charge in [-0.05, 0) is 37.5 Å². The van der Waals surface area contributed by atoms with E-state index in [4.69, 9.17) is 22.1 Å². The van der Waals surface area contributed by atoms with Crippen molar-refractivity contribution in [1.29, 1.82) is 0 Å². The fraction of sp³-hybridized carbons (Fsp3) is 0.600. The standard InChI is InChI=1S/C15H23ClN2O/c1-11(17)7-12-3-4-15(14(16)8-12)18-6-5-13(9-18)10-19-2/h3-4,8,11,13H,5-7,9-10,17H2,1-2H3. The third-order valence-electron chi connectivity index (χ3n) is 3.60. The van der Waals surface area contributed by atoms with Gasteiger partial charge in [-0.15, -0.1) is 0 Å². The number of nitrogens with two attached hydrogens (primary N) is 1. The molecule has 4 heteroatoms. The van der Waals surface area contributed by atoms with Crippen molar-refractivity contribution in [3.05, 3.63) is 28.8 Å². The van der Waals surface area contributed by atoms with E-state index in [0.717, 1.165) is 36.8 Å². The van der Waals surface area contributed by atoms with E-state index in [1.807, 2.05) is 13.0 Å². The molecular formula is C15H23ClN2O. The molecule has 2 N–H and O–H groups in total. The monoisotopic (exact) mass is 282 g/mol. The van der Waals surface area contributed by atoms with E-state index in [0.29, 0.717) is 5.92 Å². The summed E-state index contributed by atoms with van der Waals surface area (Å²) in [5.41, 5.74) is 8.16. The largest absolute Gasteiger partial charge is 0.384 e. The molecule has 2 rings (SSSR count). The number of hydrogen-bond acceptors (Lipinski definition) is 3. The summed E-state index contributed by atoms with van der Waals surface area (Å²) < 4.78 is 5.23. The Kier molecular flexibility index (Phi) is 5.08. The van der Waals surface area contributed by atoms with Crippen molar-refractivity contribution in [3.8, 4) is 0 Å². The first-order valence-electron chi connectivity index (χ1n) is 6.88. The average Bonchev–Trinajstić information content (AvgIpc) is 2.77. The number of anilines is 1. The zero-order chi connectivity index (χ0) is 13.8. The smallest absolute Gasteiger partial charge is 0.0642 e. The predicted molar refractivity (Wildman–Crippen MR) is 81.0 cm³/mol. The quantitative estimate of drug-likeness (QED) is 0.902. The highest BCUT2D eigenvalue weighted by Crippen LogP contribution is 2.31. The van der Waals surface area contributed by atoms with Crippen LogP contribution in [0.2, 0.25) is 5.02 Å². The molecule has 1 fully saturated rings. The summed E-state index contributed by atoms with van der Waals surface area (Å²) >= 11 is 6.40. The second-order valence-electron chi connectivity index (χ2n) is 5.52. The van der Waals surface area contributed by atoms with Crippen molar-refractivity contribution < 1.29 is 4.74 Å². The van der Waals surface area contributed by atoms with E-state index in [1.165, 1.54) is 12.0 Å². The number of benzene rings is 1. The number of nitrogens with zero attached hydrogens (tertiary/aromatic N) is 1. The summed E-state index contributed by atoms with van der Waals surface area (Å²) in [6.45, 7) is 4.93. The molecule has 1 aliphatic heterocycles. The van der Waals surface area contributed by atoms with Gasteiger partial charge in [-0.25, -0.2) is 0 Å². The molecule has 1 aromatic carbocycles. The number of rotatable bonds is 5. The van der Waals surface area contributed by atoms with Gasteiger partial charge >= 0.3 is 0 Å². The number of hydrogen-bond donors (Lipinski definition) is 1. The van der Waals surface area contributed by atoms with Gasteiger partial charge in [0.05, 0.1) is 17.3 Å². The van der Waals surface area contributed by atoms with Crippen molar-refractivity contribution in [2.75, 3.05) is 31.7 Å². The van der Waals surface area contributed by atoms with Gasteiger partial charge in [-0.2, -0.15) is 0 Å². The summed E-state index contributed by atoms with van der Waals surface area (Å²) in [4.78, 5) is 2.35. The second kappa shape index (κ2) is 6.60. The molecule has 0 bridgehead atoms. The van der Waals surface area contributed by atoms with E-state index in [1.54, 1.807) is 7.11 Å². The van der Waals surface area contributed by atoms with Crippen LogP contribution in [0.5, 0.6) is 0 Å². The second-order valence-corrected chi connectivity index (χ2v) is 5.93. The summed E-state index contributed by atoms with van der Waals surface area (Å²) in [7, 11) is 1.76. The molecule has 0 amide bonds. The Balaban J connectivity index is 2.05. The molecule has 1 aromatic rings. The minimum Gasteiger partial charge on any atom is -0.384 e. The van der Waals surface area contributed by atoms with E-state index >= 15 is 0 Å². The van der Waals surface area contributed by atoms with Gasteiger partial charge in [-0.3, -0.25) is 0 Å². The van der Waals surface area contributed by atoms with Crippen LogP contribution in [0.25, 0.3) is 0 Å². The van der Waals surface area contributed by atoms with Crippen molar-refractivity contribution in [2.45, 2.75) is 25.8 Å². The van der Waals surface area contributed by atoms with E-state index in [9.17, 15) is 0 Å². The van der Waals surface area contributed by atoms with E-state index in [2.05, 4.69) is 17.0 Å². The molecule has 0 saturated carbocycles. The predicted octanol–water partition coefficient (Wildman–Crippen LogP) is 2.70. The molecular weight excluding hydrogens is 260 g/mol. The Hall–Kier alpha value is -0.770. The van der Waals surface area contributed by atoms with Crippen LogP contribution in [0.4, 0.5) is 5.69 Å². The minimum atomic E-state index is 0.166. The molecule has 0 spiro atoms. The molecule has 1 aliphatic rings. The fourth-order valence-corrected chi connectivity index (χ4v) is 3.05. The lowest BCUT2D eigenvalue weighted by atomic mass is 10.1. The van der Waals surface area contributed by atoms with Gasteiger partial charge in [0.1, 0.15) is 0 Å². The van der Waals surface area contributed by atoms with Gasteiger partial charge in [0.2, 0.25) is 0 Å². The van der Waals surface area contributed by atoms with Gasteiger partial charge in [0, 0.05) is 32.2 Å². The van der Waals surface area contributed by atoms with Crippen LogP contribution < -0.4 is 10.6 Å². The molecule has 1 heterocycles. The lowest BCUT2D eigenvalue weighted by Crippen LogP contribution is -2.21. The first-order chi connectivity index (χ1) is 9.10. The third-order valence-corrected chi connectivity index (χ3v) is 3.90. The van der Waals surface area contributed by atoms with Crippen molar-refractivity contribution in [3.63, 3.8) is 0 Å². The van der Waals surface area contributed by atoms with Crippen LogP contribution in [-0.2, 0) is 11.2 Å². The summed E-state index contributed by atoms with van der Waals surface area (Å²) in [5.74, 6) is 0.616.